The molecule has 0 aliphatic heterocycles. The van der Waals surface area contributed by atoms with Gasteiger partial charge < -0.3 is 15.4 Å². The average Bonchev–Trinajstić information content (AvgIpc) is 3.15. The number of hydrogen-bond acceptors (Lipinski definition) is 4. The maximum Gasteiger partial charge on any atom is 0.236 e. The fraction of sp³-hybridized carbons (Fsp3) is 0.733. The smallest absolute Gasteiger partial charge is 0.236 e. The highest BCUT2D eigenvalue weighted by Gasteiger charge is 2.18. The summed E-state index contributed by atoms with van der Waals surface area (Å²) >= 11 is 0. The van der Waals surface area contributed by atoms with Crippen molar-refractivity contribution >= 4 is 5.91 Å². The number of rotatable bonds is 8. The minimum absolute atomic E-state index is 0.0118. The van der Waals surface area contributed by atoms with Crippen LogP contribution in [0.4, 0.5) is 0 Å². The van der Waals surface area contributed by atoms with E-state index >= 15 is 0 Å². The lowest BCUT2D eigenvalue weighted by molar-refractivity contribution is -0.123. The lowest BCUT2D eigenvalue weighted by atomic mass is 10.3. The first-order valence-electron chi connectivity index (χ1n) is 7.74. The van der Waals surface area contributed by atoms with Crippen LogP contribution in [0.5, 0.6) is 0 Å². The highest BCUT2D eigenvalue weighted by molar-refractivity contribution is 5.81. The molecule has 2 rings (SSSR count). The third-order valence-electron chi connectivity index (χ3n) is 3.95. The Kier molecular flexibility index (Phi) is 6.20. The second-order valence-electron chi connectivity index (χ2n) is 5.61. The van der Waals surface area contributed by atoms with Gasteiger partial charge in [0.1, 0.15) is 0 Å². The van der Waals surface area contributed by atoms with E-state index in [1.54, 1.807) is 7.11 Å². The Morgan fingerprint density at radius 1 is 1.52 bits per heavy atom. The first kappa shape index (κ1) is 16.0. The number of carbonyl (C=O) groups excluding carboxylic acids is 1. The van der Waals surface area contributed by atoms with Gasteiger partial charge in [0, 0.05) is 26.4 Å². The number of amides is 1. The molecule has 1 aliphatic rings. The van der Waals surface area contributed by atoms with Gasteiger partial charge >= 0.3 is 0 Å². The van der Waals surface area contributed by atoms with Crippen LogP contribution in [0, 0.1) is 0 Å². The predicted octanol–water partition coefficient (Wildman–Crippen LogP) is 1.24. The molecule has 1 heterocycles. The lowest BCUT2D eigenvalue weighted by Crippen LogP contribution is -2.42. The SMILES string of the molecule is COCCNC(=O)C(C)NCc1ccn(C2CCCC2)n1. The van der Waals surface area contributed by atoms with Gasteiger partial charge in [-0.3, -0.25) is 9.48 Å². The van der Waals surface area contributed by atoms with Crippen molar-refractivity contribution in [3.05, 3.63) is 18.0 Å². The Hall–Kier alpha value is -1.40. The Morgan fingerprint density at radius 3 is 3.00 bits per heavy atom. The van der Waals surface area contributed by atoms with Gasteiger partial charge in [-0.2, -0.15) is 5.10 Å². The number of nitrogens with one attached hydrogen (secondary N) is 2. The van der Waals surface area contributed by atoms with Gasteiger partial charge in [-0.25, -0.2) is 0 Å². The normalized spacial score (nSPS) is 17.0. The third-order valence-corrected chi connectivity index (χ3v) is 3.95. The zero-order valence-electron chi connectivity index (χ0n) is 13.0. The zero-order valence-corrected chi connectivity index (χ0v) is 13.0. The molecule has 1 unspecified atom stereocenters. The van der Waals surface area contributed by atoms with Crippen LogP contribution in [0.1, 0.15) is 44.3 Å². The van der Waals surface area contributed by atoms with Crippen molar-refractivity contribution in [1.29, 1.82) is 0 Å². The fourth-order valence-electron chi connectivity index (χ4n) is 2.62. The monoisotopic (exact) mass is 294 g/mol. The molecule has 1 aromatic rings. The summed E-state index contributed by atoms with van der Waals surface area (Å²) < 4.78 is 6.98. The maximum absolute atomic E-state index is 11.8. The molecular formula is C15H26N4O2. The molecule has 6 nitrogen and oxygen atoms in total. The number of nitrogens with zero attached hydrogens (tertiary/aromatic N) is 2. The van der Waals surface area contributed by atoms with Gasteiger partial charge in [0.25, 0.3) is 0 Å². The maximum atomic E-state index is 11.8. The summed E-state index contributed by atoms with van der Waals surface area (Å²) in [5, 5.41) is 10.6. The number of carbonyl (C=O) groups is 1. The first-order chi connectivity index (χ1) is 10.2. The van der Waals surface area contributed by atoms with Crippen LogP contribution in [-0.2, 0) is 16.1 Å². The molecule has 6 heteroatoms. The van der Waals surface area contributed by atoms with Crippen molar-refractivity contribution in [2.75, 3.05) is 20.3 Å². The number of ether oxygens (including phenoxy) is 1. The van der Waals surface area contributed by atoms with E-state index < -0.39 is 0 Å². The Bertz CT molecular complexity index is 441. The molecule has 0 aromatic carbocycles. The molecule has 0 saturated heterocycles. The van der Waals surface area contributed by atoms with E-state index in [4.69, 9.17) is 4.74 Å². The van der Waals surface area contributed by atoms with E-state index in [1.807, 2.05) is 13.0 Å². The summed E-state index contributed by atoms with van der Waals surface area (Å²) in [6.45, 7) is 3.54. The first-order valence-corrected chi connectivity index (χ1v) is 7.74. The zero-order chi connectivity index (χ0) is 15.1. The van der Waals surface area contributed by atoms with E-state index in [-0.39, 0.29) is 11.9 Å². The van der Waals surface area contributed by atoms with E-state index in [2.05, 4.69) is 26.6 Å². The van der Waals surface area contributed by atoms with Crippen LogP contribution < -0.4 is 10.6 Å². The standard InChI is InChI=1S/C15H26N4O2/c1-12(15(20)16-8-10-21-2)17-11-13-7-9-19(18-13)14-5-3-4-6-14/h7,9,12,14,17H,3-6,8,10-11H2,1-2H3,(H,16,20). The third kappa shape index (κ3) is 4.82. The highest BCUT2D eigenvalue weighted by Crippen LogP contribution is 2.28. The minimum Gasteiger partial charge on any atom is -0.383 e. The second-order valence-corrected chi connectivity index (χ2v) is 5.61. The second kappa shape index (κ2) is 8.14. The summed E-state index contributed by atoms with van der Waals surface area (Å²) in [4.78, 5) is 11.8. The topological polar surface area (TPSA) is 68.2 Å². The molecule has 0 radical (unpaired) electrons. The molecule has 0 spiro atoms. The van der Waals surface area contributed by atoms with Crippen LogP contribution in [0.25, 0.3) is 0 Å². The molecular weight excluding hydrogens is 268 g/mol. The number of methoxy groups -OCH3 is 1. The predicted molar refractivity (Wildman–Crippen MR) is 80.9 cm³/mol. The van der Waals surface area contributed by atoms with Gasteiger partial charge in [-0.1, -0.05) is 12.8 Å². The van der Waals surface area contributed by atoms with E-state index in [0.717, 1.165) is 5.69 Å². The largest absolute Gasteiger partial charge is 0.383 e. The average molecular weight is 294 g/mol. The van der Waals surface area contributed by atoms with Crippen molar-refractivity contribution in [3.63, 3.8) is 0 Å². The van der Waals surface area contributed by atoms with Crippen molar-refractivity contribution < 1.29 is 9.53 Å². The van der Waals surface area contributed by atoms with Crippen LogP contribution in [0.3, 0.4) is 0 Å². The van der Waals surface area contributed by atoms with Gasteiger partial charge in [-0.15, -0.1) is 0 Å². The molecule has 1 aromatic heterocycles. The van der Waals surface area contributed by atoms with Crippen molar-refractivity contribution in [1.82, 2.24) is 20.4 Å². The summed E-state index contributed by atoms with van der Waals surface area (Å²) in [6.07, 6.45) is 7.11. The molecule has 0 bridgehead atoms. The van der Waals surface area contributed by atoms with Crippen LogP contribution >= 0.6 is 0 Å². The lowest BCUT2D eigenvalue weighted by Gasteiger charge is -2.13. The number of hydrogen-bond donors (Lipinski definition) is 2. The molecule has 118 valence electrons. The minimum atomic E-state index is -0.238. The van der Waals surface area contributed by atoms with Crippen LogP contribution in [0.15, 0.2) is 12.3 Å². The van der Waals surface area contributed by atoms with Gasteiger partial charge in [0.2, 0.25) is 5.91 Å². The van der Waals surface area contributed by atoms with Crippen LogP contribution in [0.2, 0.25) is 0 Å². The van der Waals surface area contributed by atoms with Gasteiger partial charge in [0.05, 0.1) is 24.4 Å². The summed E-state index contributed by atoms with van der Waals surface area (Å²) in [7, 11) is 1.62. The van der Waals surface area contributed by atoms with Crippen LogP contribution in [-0.4, -0.2) is 42.0 Å². The van der Waals surface area contributed by atoms with Gasteiger partial charge in [0.15, 0.2) is 0 Å². The summed E-state index contributed by atoms with van der Waals surface area (Å²) in [6, 6.07) is 2.35. The molecule has 2 N–H and O–H groups in total. The highest BCUT2D eigenvalue weighted by atomic mass is 16.5. The fourth-order valence-corrected chi connectivity index (χ4v) is 2.62. The van der Waals surface area contributed by atoms with E-state index in [0.29, 0.717) is 25.7 Å². The molecule has 21 heavy (non-hydrogen) atoms. The molecule has 1 fully saturated rings. The molecule has 1 amide bonds. The van der Waals surface area contributed by atoms with E-state index in [9.17, 15) is 4.79 Å². The Balaban J connectivity index is 1.73. The van der Waals surface area contributed by atoms with Crippen molar-refractivity contribution in [2.24, 2.45) is 0 Å². The Labute approximate surface area is 126 Å². The quantitative estimate of drug-likeness (QED) is 0.708. The molecule has 1 aliphatic carbocycles. The Morgan fingerprint density at radius 2 is 2.29 bits per heavy atom. The summed E-state index contributed by atoms with van der Waals surface area (Å²) in [5.74, 6) is -0.0118. The van der Waals surface area contributed by atoms with Gasteiger partial charge in [-0.05, 0) is 25.8 Å². The van der Waals surface area contributed by atoms with Crippen molar-refractivity contribution in [2.45, 2.75) is 51.2 Å². The molecule has 1 atom stereocenters. The van der Waals surface area contributed by atoms with E-state index in [1.165, 1.54) is 25.7 Å². The molecule has 1 saturated carbocycles. The van der Waals surface area contributed by atoms with Crippen molar-refractivity contribution in [3.8, 4) is 0 Å². The summed E-state index contributed by atoms with van der Waals surface area (Å²) in [5.41, 5.74) is 0.985. The number of aromatic nitrogens is 2.